The molecule has 0 saturated heterocycles. The van der Waals surface area contributed by atoms with Crippen LogP contribution in [0.2, 0.25) is 0 Å². The first kappa shape index (κ1) is 16.8. The number of benzene rings is 2. The Morgan fingerprint density at radius 2 is 1.89 bits per heavy atom. The largest absolute Gasteiger partial charge is 0.495 e. The van der Waals surface area contributed by atoms with E-state index in [0.29, 0.717) is 23.0 Å². The number of carbonyl (C=O) groups excluding carboxylic acids is 1. The third kappa shape index (κ3) is 3.03. The van der Waals surface area contributed by atoms with Gasteiger partial charge in [0.2, 0.25) is 5.95 Å². The van der Waals surface area contributed by atoms with Gasteiger partial charge in [0, 0.05) is 5.70 Å². The topological polar surface area (TPSA) is 81.1 Å². The molecule has 0 unspecified atom stereocenters. The number of carbonyl (C=O) groups is 1. The Morgan fingerprint density at radius 1 is 1.15 bits per heavy atom. The summed E-state index contributed by atoms with van der Waals surface area (Å²) >= 11 is 0. The fourth-order valence-corrected chi connectivity index (χ4v) is 3.27. The molecular weight excluding hydrogens is 342 g/mol. The molecule has 1 aliphatic heterocycles. The van der Waals surface area contributed by atoms with Crippen molar-refractivity contribution in [2.24, 2.45) is 0 Å². The number of fused-ring (bicyclic) bond motifs is 1. The van der Waals surface area contributed by atoms with Crippen LogP contribution in [0.4, 0.5) is 11.6 Å². The van der Waals surface area contributed by atoms with Gasteiger partial charge in [-0.1, -0.05) is 42.5 Å². The highest BCUT2D eigenvalue weighted by Crippen LogP contribution is 2.35. The zero-order valence-electron chi connectivity index (χ0n) is 15.0. The van der Waals surface area contributed by atoms with Crippen LogP contribution in [0.5, 0.6) is 5.75 Å². The Balaban J connectivity index is 1.76. The lowest BCUT2D eigenvalue weighted by atomic mass is 9.95. The lowest BCUT2D eigenvalue weighted by Gasteiger charge is -2.28. The standard InChI is InChI=1S/C20H19N5O2/c1-13-17(19(26)24-15-10-6-7-11-16(15)27-2)18(14-8-4-3-5-9-14)25-20(23-13)21-12-22-25/h3-12,18H,1-2H3,(H,24,26)(H,21,22,23)/t18-/m1/s1. The molecular formula is C20H19N5O2. The Hall–Kier alpha value is -3.61. The molecule has 0 fully saturated rings. The number of ether oxygens (including phenoxy) is 1. The minimum atomic E-state index is -0.375. The van der Waals surface area contributed by atoms with Gasteiger partial charge in [-0.2, -0.15) is 10.1 Å². The number of hydrogen-bond acceptors (Lipinski definition) is 5. The van der Waals surface area contributed by atoms with E-state index in [1.807, 2.05) is 49.4 Å². The lowest BCUT2D eigenvalue weighted by Crippen LogP contribution is -2.31. The number of allylic oxidation sites excluding steroid dienone is 1. The number of amides is 1. The minimum Gasteiger partial charge on any atom is -0.495 e. The van der Waals surface area contributed by atoms with Crippen molar-refractivity contribution in [1.29, 1.82) is 0 Å². The summed E-state index contributed by atoms with van der Waals surface area (Å²) in [5, 5.41) is 10.4. The number of nitrogens with zero attached hydrogens (tertiary/aromatic N) is 3. The molecule has 1 aromatic heterocycles. The first-order valence-electron chi connectivity index (χ1n) is 8.55. The molecule has 2 heterocycles. The minimum absolute atomic E-state index is 0.223. The third-order valence-corrected chi connectivity index (χ3v) is 4.51. The molecule has 0 saturated carbocycles. The summed E-state index contributed by atoms with van der Waals surface area (Å²) in [6, 6.07) is 16.7. The van der Waals surface area contributed by atoms with Gasteiger partial charge in [-0.15, -0.1) is 0 Å². The van der Waals surface area contributed by atoms with E-state index in [1.54, 1.807) is 23.9 Å². The van der Waals surface area contributed by atoms with Gasteiger partial charge in [0.1, 0.15) is 18.1 Å². The maximum absolute atomic E-state index is 13.2. The highest BCUT2D eigenvalue weighted by Gasteiger charge is 2.33. The summed E-state index contributed by atoms with van der Waals surface area (Å²) in [6.07, 6.45) is 1.48. The van der Waals surface area contributed by atoms with Gasteiger partial charge in [0.15, 0.2) is 0 Å². The van der Waals surface area contributed by atoms with Crippen LogP contribution in [0.3, 0.4) is 0 Å². The third-order valence-electron chi connectivity index (χ3n) is 4.51. The summed E-state index contributed by atoms with van der Waals surface area (Å²) in [6.45, 7) is 1.87. The predicted octanol–water partition coefficient (Wildman–Crippen LogP) is 3.21. The molecule has 0 bridgehead atoms. The van der Waals surface area contributed by atoms with Crippen molar-refractivity contribution >= 4 is 17.5 Å². The summed E-state index contributed by atoms with van der Waals surface area (Å²) in [5.41, 5.74) is 2.87. The van der Waals surface area contributed by atoms with E-state index < -0.39 is 0 Å². The Kier molecular flexibility index (Phi) is 4.33. The average molecular weight is 361 g/mol. The Bertz CT molecular complexity index is 1010. The number of aromatic nitrogens is 3. The van der Waals surface area contributed by atoms with E-state index in [2.05, 4.69) is 20.7 Å². The Labute approximate surface area is 156 Å². The number of rotatable bonds is 4. The van der Waals surface area contributed by atoms with Gasteiger partial charge in [-0.3, -0.25) is 4.79 Å². The van der Waals surface area contributed by atoms with Gasteiger partial charge in [0.25, 0.3) is 5.91 Å². The molecule has 136 valence electrons. The molecule has 0 spiro atoms. The van der Waals surface area contributed by atoms with E-state index in [-0.39, 0.29) is 11.9 Å². The van der Waals surface area contributed by atoms with Crippen molar-refractivity contribution < 1.29 is 9.53 Å². The van der Waals surface area contributed by atoms with E-state index in [4.69, 9.17) is 4.74 Å². The van der Waals surface area contributed by atoms with E-state index in [0.717, 1.165) is 11.3 Å². The van der Waals surface area contributed by atoms with Gasteiger partial charge in [-0.25, -0.2) is 4.68 Å². The molecule has 0 aliphatic carbocycles. The first-order valence-corrected chi connectivity index (χ1v) is 8.55. The summed E-state index contributed by atoms with van der Waals surface area (Å²) in [7, 11) is 1.58. The summed E-state index contributed by atoms with van der Waals surface area (Å²) in [5.74, 6) is 0.986. The first-order chi connectivity index (χ1) is 13.2. The van der Waals surface area contributed by atoms with Crippen LogP contribution in [0.1, 0.15) is 18.5 Å². The molecule has 27 heavy (non-hydrogen) atoms. The predicted molar refractivity (Wildman–Crippen MR) is 103 cm³/mol. The second-order valence-electron chi connectivity index (χ2n) is 6.16. The Morgan fingerprint density at radius 3 is 2.67 bits per heavy atom. The quantitative estimate of drug-likeness (QED) is 0.746. The van der Waals surface area contributed by atoms with Crippen LogP contribution in [-0.2, 0) is 4.79 Å². The van der Waals surface area contributed by atoms with Crippen LogP contribution in [-0.4, -0.2) is 27.8 Å². The maximum atomic E-state index is 13.2. The van der Waals surface area contributed by atoms with Crippen molar-refractivity contribution in [2.75, 3.05) is 17.7 Å². The summed E-state index contributed by atoms with van der Waals surface area (Å²) < 4.78 is 7.06. The molecule has 1 amide bonds. The zero-order valence-corrected chi connectivity index (χ0v) is 15.0. The normalized spacial score (nSPS) is 15.7. The van der Waals surface area contributed by atoms with E-state index in [9.17, 15) is 4.79 Å². The van der Waals surface area contributed by atoms with E-state index >= 15 is 0 Å². The monoisotopic (exact) mass is 361 g/mol. The van der Waals surface area contributed by atoms with E-state index in [1.165, 1.54) is 6.33 Å². The van der Waals surface area contributed by atoms with Crippen LogP contribution < -0.4 is 15.4 Å². The van der Waals surface area contributed by atoms with Gasteiger partial charge in [-0.05, 0) is 24.6 Å². The number of hydrogen-bond donors (Lipinski definition) is 2. The fourth-order valence-electron chi connectivity index (χ4n) is 3.27. The molecule has 2 N–H and O–H groups in total. The molecule has 2 aromatic carbocycles. The molecule has 7 heteroatoms. The van der Waals surface area contributed by atoms with Crippen LogP contribution in [0.15, 0.2) is 72.2 Å². The second kappa shape index (κ2) is 6.95. The molecule has 7 nitrogen and oxygen atoms in total. The van der Waals surface area contributed by atoms with Crippen molar-refractivity contribution in [3.8, 4) is 5.75 Å². The van der Waals surface area contributed by atoms with Crippen molar-refractivity contribution in [1.82, 2.24) is 14.8 Å². The van der Waals surface area contributed by atoms with Gasteiger partial charge < -0.3 is 15.4 Å². The van der Waals surface area contributed by atoms with Gasteiger partial charge in [0.05, 0.1) is 18.4 Å². The molecule has 3 aromatic rings. The highest BCUT2D eigenvalue weighted by atomic mass is 16.5. The SMILES string of the molecule is COc1ccccc1NC(=O)C1=C(C)Nc2ncnn2[C@@H]1c1ccccc1. The molecule has 4 rings (SSSR count). The zero-order chi connectivity index (χ0) is 18.8. The molecule has 1 atom stereocenters. The van der Waals surface area contributed by atoms with Crippen LogP contribution in [0, 0.1) is 0 Å². The number of para-hydroxylation sites is 2. The number of anilines is 2. The second-order valence-corrected chi connectivity index (χ2v) is 6.16. The van der Waals surface area contributed by atoms with Crippen molar-refractivity contribution in [3.63, 3.8) is 0 Å². The smallest absolute Gasteiger partial charge is 0.255 e. The fraction of sp³-hybridized carbons (Fsp3) is 0.150. The van der Waals surface area contributed by atoms with Gasteiger partial charge >= 0.3 is 0 Å². The van der Waals surface area contributed by atoms with Crippen LogP contribution >= 0.6 is 0 Å². The van der Waals surface area contributed by atoms with Crippen LogP contribution in [0.25, 0.3) is 0 Å². The lowest BCUT2D eigenvalue weighted by molar-refractivity contribution is -0.113. The van der Waals surface area contributed by atoms with Crippen molar-refractivity contribution in [2.45, 2.75) is 13.0 Å². The molecule has 1 aliphatic rings. The maximum Gasteiger partial charge on any atom is 0.255 e. The number of nitrogens with one attached hydrogen (secondary N) is 2. The molecule has 0 radical (unpaired) electrons. The summed E-state index contributed by atoms with van der Waals surface area (Å²) in [4.78, 5) is 17.5. The average Bonchev–Trinajstić information content (AvgIpc) is 3.15. The van der Waals surface area contributed by atoms with Crippen molar-refractivity contribution in [3.05, 3.63) is 77.8 Å². The number of methoxy groups -OCH3 is 1. The highest BCUT2D eigenvalue weighted by molar-refractivity contribution is 6.06.